The SMILES string of the molecule is CN(Cc1cccc(Oc2ccccc2)c1)C(=O)CCCCl. The van der Waals surface area contributed by atoms with Crippen LogP contribution in [0.2, 0.25) is 0 Å². The highest BCUT2D eigenvalue weighted by Gasteiger charge is 2.09. The van der Waals surface area contributed by atoms with Gasteiger partial charge in [-0.05, 0) is 36.2 Å². The van der Waals surface area contributed by atoms with Crippen molar-refractivity contribution in [1.29, 1.82) is 0 Å². The normalized spacial score (nSPS) is 10.3. The maximum atomic E-state index is 11.9. The molecule has 116 valence electrons. The number of para-hydroxylation sites is 1. The molecule has 0 unspecified atom stereocenters. The van der Waals surface area contributed by atoms with Gasteiger partial charge in [0.1, 0.15) is 11.5 Å². The van der Waals surface area contributed by atoms with Gasteiger partial charge in [0.25, 0.3) is 0 Å². The molecule has 2 rings (SSSR count). The maximum absolute atomic E-state index is 11.9. The number of carbonyl (C=O) groups excluding carboxylic acids is 1. The van der Waals surface area contributed by atoms with E-state index in [4.69, 9.17) is 16.3 Å². The Balaban J connectivity index is 1.98. The molecule has 0 radical (unpaired) electrons. The summed E-state index contributed by atoms with van der Waals surface area (Å²) in [6.45, 7) is 0.563. The van der Waals surface area contributed by atoms with E-state index in [1.54, 1.807) is 11.9 Å². The van der Waals surface area contributed by atoms with Gasteiger partial charge in [-0.3, -0.25) is 4.79 Å². The fourth-order valence-corrected chi connectivity index (χ4v) is 2.24. The average Bonchev–Trinajstić information content (AvgIpc) is 2.54. The molecule has 1 amide bonds. The number of ether oxygens (including phenoxy) is 1. The van der Waals surface area contributed by atoms with E-state index in [1.807, 2.05) is 54.6 Å². The molecule has 3 nitrogen and oxygen atoms in total. The molecule has 0 aromatic heterocycles. The molecule has 22 heavy (non-hydrogen) atoms. The molecule has 0 spiro atoms. The van der Waals surface area contributed by atoms with Crippen molar-refractivity contribution >= 4 is 17.5 Å². The molecule has 0 heterocycles. The van der Waals surface area contributed by atoms with Crippen LogP contribution in [0, 0.1) is 0 Å². The van der Waals surface area contributed by atoms with Crippen molar-refractivity contribution in [2.45, 2.75) is 19.4 Å². The van der Waals surface area contributed by atoms with Crippen molar-refractivity contribution in [3.8, 4) is 11.5 Å². The van der Waals surface area contributed by atoms with E-state index in [1.165, 1.54) is 0 Å². The predicted molar refractivity (Wildman–Crippen MR) is 89.4 cm³/mol. The van der Waals surface area contributed by atoms with Gasteiger partial charge in [0.05, 0.1) is 0 Å². The first-order chi connectivity index (χ1) is 10.7. The fourth-order valence-electron chi connectivity index (χ4n) is 2.10. The number of rotatable bonds is 7. The van der Waals surface area contributed by atoms with E-state index in [0.29, 0.717) is 25.3 Å². The van der Waals surface area contributed by atoms with Crippen molar-refractivity contribution < 1.29 is 9.53 Å². The minimum Gasteiger partial charge on any atom is -0.457 e. The quantitative estimate of drug-likeness (QED) is 0.706. The standard InChI is InChI=1S/C18H20ClNO2/c1-20(18(21)11-6-12-19)14-15-7-5-10-17(13-15)22-16-8-3-2-4-9-16/h2-5,7-10,13H,6,11-12,14H2,1H3. The number of carbonyl (C=O) groups is 1. The third-order valence-corrected chi connectivity index (χ3v) is 3.51. The van der Waals surface area contributed by atoms with Gasteiger partial charge >= 0.3 is 0 Å². The highest BCUT2D eigenvalue weighted by atomic mass is 35.5. The largest absolute Gasteiger partial charge is 0.457 e. The molecule has 0 aliphatic heterocycles. The summed E-state index contributed by atoms with van der Waals surface area (Å²) in [6.07, 6.45) is 1.20. The molecule has 0 fully saturated rings. The molecule has 0 aliphatic rings. The van der Waals surface area contributed by atoms with Gasteiger partial charge in [0, 0.05) is 25.9 Å². The van der Waals surface area contributed by atoms with E-state index in [-0.39, 0.29) is 5.91 Å². The van der Waals surface area contributed by atoms with Gasteiger partial charge in [-0.25, -0.2) is 0 Å². The first-order valence-corrected chi connectivity index (χ1v) is 7.84. The van der Waals surface area contributed by atoms with Crippen LogP contribution in [0.1, 0.15) is 18.4 Å². The van der Waals surface area contributed by atoms with Crippen LogP contribution in [0.15, 0.2) is 54.6 Å². The van der Waals surface area contributed by atoms with Crippen LogP contribution < -0.4 is 4.74 Å². The second-order valence-electron chi connectivity index (χ2n) is 5.10. The van der Waals surface area contributed by atoms with E-state index in [9.17, 15) is 4.79 Å². The van der Waals surface area contributed by atoms with Gasteiger partial charge in [-0.2, -0.15) is 0 Å². The lowest BCUT2D eigenvalue weighted by molar-refractivity contribution is -0.130. The molecule has 0 bridgehead atoms. The van der Waals surface area contributed by atoms with Gasteiger partial charge in [-0.15, -0.1) is 11.6 Å². The number of nitrogens with zero attached hydrogens (tertiary/aromatic N) is 1. The highest BCUT2D eigenvalue weighted by Crippen LogP contribution is 2.22. The number of alkyl halides is 1. The molecular weight excluding hydrogens is 298 g/mol. The number of hydrogen-bond acceptors (Lipinski definition) is 2. The number of amides is 1. The van der Waals surface area contributed by atoms with Crippen molar-refractivity contribution in [2.24, 2.45) is 0 Å². The lowest BCUT2D eigenvalue weighted by Crippen LogP contribution is -2.25. The summed E-state index contributed by atoms with van der Waals surface area (Å²) in [5, 5.41) is 0. The summed E-state index contributed by atoms with van der Waals surface area (Å²) in [7, 11) is 1.81. The van der Waals surface area contributed by atoms with Crippen LogP contribution in [0.5, 0.6) is 11.5 Å². The molecule has 0 N–H and O–H groups in total. The van der Waals surface area contributed by atoms with Crippen molar-refractivity contribution in [1.82, 2.24) is 4.90 Å². The lowest BCUT2D eigenvalue weighted by atomic mass is 10.2. The summed E-state index contributed by atoms with van der Waals surface area (Å²) in [6, 6.07) is 17.4. The van der Waals surface area contributed by atoms with E-state index < -0.39 is 0 Å². The summed E-state index contributed by atoms with van der Waals surface area (Å²) < 4.78 is 5.81. The van der Waals surface area contributed by atoms with Gasteiger partial charge in [0.15, 0.2) is 0 Å². The van der Waals surface area contributed by atoms with Gasteiger partial charge in [-0.1, -0.05) is 30.3 Å². The first kappa shape index (κ1) is 16.4. The Morgan fingerprint density at radius 3 is 2.55 bits per heavy atom. The zero-order valence-electron chi connectivity index (χ0n) is 12.7. The molecular formula is C18H20ClNO2. The minimum atomic E-state index is 0.107. The van der Waals surface area contributed by atoms with Gasteiger partial charge in [0.2, 0.25) is 5.91 Å². The summed E-state index contributed by atoms with van der Waals surface area (Å²) in [5.41, 5.74) is 1.04. The summed E-state index contributed by atoms with van der Waals surface area (Å²) in [4.78, 5) is 13.6. The predicted octanol–water partition coefficient (Wildman–Crippen LogP) is 4.46. The first-order valence-electron chi connectivity index (χ1n) is 7.31. The minimum absolute atomic E-state index is 0.107. The second kappa shape index (κ2) is 8.44. The molecule has 0 saturated carbocycles. The number of benzene rings is 2. The van der Waals surface area contributed by atoms with Gasteiger partial charge < -0.3 is 9.64 Å². The van der Waals surface area contributed by atoms with Crippen LogP contribution in [-0.2, 0) is 11.3 Å². The molecule has 4 heteroatoms. The second-order valence-corrected chi connectivity index (χ2v) is 5.48. The Morgan fingerprint density at radius 1 is 1.09 bits per heavy atom. The van der Waals surface area contributed by atoms with Crippen LogP contribution in [0.4, 0.5) is 0 Å². The Kier molecular flexibility index (Phi) is 6.28. The Hall–Kier alpha value is -2.00. The summed E-state index contributed by atoms with van der Waals surface area (Å²) in [5.74, 6) is 2.19. The lowest BCUT2D eigenvalue weighted by Gasteiger charge is -2.17. The Bertz CT molecular complexity index is 601. The maximum Gasteiger partial charge on any atom is 0.222 e. The number of halogens is 1. The van der Waals surface area contributed by atoms with Crippen LogP contribution in [0.25, 0.3) is 0 Å². The Morgan fingerprint density at radius 2 is 1.82 bits per heavy atom. The number of hydrogen-bond donors (Lipinski definition) is 0. The van der Waals surface area contributed by atoms with Crippen molar-refractivity contribution in [2.75, 3.05) is 12.9 Å². The van der Waals surface area contributed by atoms with Crippen molar-refractivity contribution in [3.63, 3.8) is 0 Å². The van der Waals surface area contributed by atoms with E-state index in [0.717, 1.165) is 17.1 Å². The topological polar surface area (TPSA) is 29.5 Å². The Labute approximate surface area is 136 Å². The van der Waals surface area contributed by atoms with Crippen molar-refractivity contribution in [3.05, 3.63) is 60.2 Å². The fraction of sp³-hybridized carbons (Fsp3) is 0.278. The molecule has 0 aliphatic carbocycles. The van der Waals surface area contributed by atoms with Crippen LogP contribution in [0.3, 0.4) is 0 Å². The van der Waals surface area contributed by atoms with E-state index >= 15 is 0 Å². The van der Waals surface area contributed by atoms with Crippen LogP contribution >= 0.6 is 11.6 Å². The zero-order valence-corrected chi connectivity index (χ0v) is 13.4. The molecule has 0 saturated heterocycles. The third kappa shape index (κ3) is 5.08. The smallest absolute Gasteiger partial charge is 0.222 e. The molecule has 2 aromatic rings. The van der Waals surface area contributed by atoms with E-state index in [2.05, 4.69) is 0 Å². The third-order valence-electron chi connectivity index (χ3n) is 3.25. The highest BCUT2D eigenvalue weighted by molar-refractivity contribution is 6.17. The molecule has 0 atom stereocenters. The molecule has 2 aromatic carbocycles. The zero-order chi connectivity index (χ0) is 15.8. The monoisotopic (exact) mass is 317 g/mol. The average molecular weight is 318 g/mol. The summed E-state index contributed by atoms with van der Waals surface area (Å²) >= 11 is 5.62. The van der Waals surface area contributed by atoms with Crippen LogP contribution in [-0.4, -0.2) is 23.7 Å².